The number of aromatic nitrogens is 2. The maximum Gasteiger partial charge on any atom is 0.226 e. The quantitative estimate of drug-likeness (QED) is 0.837. The van der Waals surface area contributed by atoms with E-state index in [1.807, 2.05) is 23.6 Å². The van der Waals surface area contributed by atoms with Crippen molar-refractivity contribution in [1.82, 2.24) is 15.3 Å². The first-order valence-corrected chi connectivity index (χ1v) is 6.46. The number of amides is 1. The summed E-state index contributed by atoms with van der Waals surface area (Å²) >= 11 is 1.48. The Hall–Kier alpha value is -1.79. The largest absolute Gasteiger partial charge is 0.350 e. The smallest absolute Gasteiger partial charge is 0.226 e. The number of carbonyl (C=O) groups excluding carboxylic acids is 1. The summed E-state index contributed by atoms with van der Waals surface area (Å²) in [6, 6.07) is 5.60. The Kier molecular flexibility index (Phi) is 4.38. The molecule has 0 radical (unpaired) electrons. The Morgan fingerprint density at radius 3 is 2.94 bits per heavy atom. The van der Waals surface area contributed by atoms with Crippen molar-refractivity contribution in [2.75, 3.05) is 0 Å². The van der Waals surface area contributed by atoms with Crippen LogP contribution in [0.4, 0.5) is 0 Å². The third kappa shape index (κ3) is 3.61. The second kappa shape index (κ2) is 6.23. The van der Waals surface area contributed by atoms with E-state index < -0.39 is 0 Å². The second-order valence-corrected chi connectivity index (χ2v) is 4.65. The number of nitrogens with two attached hydrogens (primary N) is 1. The van der Waals surface area contributed by atoms with Gasteiger partial charge in [0.05, 0.1) is 24.4 Å². The fraction of sp³-hybridized carbons (Fsp3) is 0.250. The Labute approximate surface area is 109 Å². The van der Waals surface area contributed by atoms with Crippen LogP contribution in [-0.2, 0) is 24.3 Å². The number of carbonyl (C=O) groups is 1. The van der Waals surface area contributed by atoms with Gasteiger partial charge in [-0.2, -0.15) is 0 Å². The van der Waals surface area contributed by atoms with Gasteiger partial charge in [-0.3, -0.25) is 9.78 Å². The van der Waals surface area contributed by atoms with Gasteiger partial charge >= 0.3 is 0 Å². The lowest BCUT2D eigenvalue weighted by Gasteiger charge is -2.03. The molecule has 0 saturated carbocycles. The topological polar surface area (TPSA) is 80.9 Å². The molecule has 2 rings (SSSR count). The molecule has 0 aliphatic heterocycles. The third-order valence-corrected chi connectivity index (χ3v) is 3.23. The van der Waals surface area contributed by atoms with Crippen molar-refractivity contribution in [2.45, 2.75) is 19.5 Å². The van der Waals surface area contributed by atoms with Crippen LogP contribution < -0.4 is 11.1 Å². The monoisotopic (exact) mass is 262 g/mol. The number of pyridine rings is 1. The molecule has 0 unspecified atom stereocenters. The fourth-order valence-electron chi connectivity index (χ4n) is 1.44. The van der Waals surface area contributed by atoms with Crippen molar-refractivity contribution in [3.05, 3.63) is 46.2 Å². The maximum absolute atomic E-state index is 11.7. The number of rotatable bonds is 5. The molecule has 2 heterocycles. The van der Waals surface area contributed by atoms with Crippen LogP contribution in [0.5, 0.6) is 0 Å². The summed E-state index contributed by atoms with van der Waals surface area (Å²) in [6.07, 6.45) is 1.98. The zero-order valence-corrected chi connectivity index (χ0v) is 10.6. The minimum absolute atomic E-state index is 0.0606. The van der Waals surface area contributed by atoms with Crippen LogP contribution in [0.2, 0.25) is 0 Å². The lowest BCUT2D eigenvalue weighted by atomic mass is 10.3. The van der Waals surface area contributed by atoms with Gasteiger partial charge in [-0.05, 0) is 12.1 Å². The first kappa shape index (κ1) is 12.7. The van der Waals surface area contributed by atoms with Gasteiger partial charge in [0.15, 0.2) is 0 Å². The summed E-state index contributed by atoms with van der Waals surface area (Å²) in [6.45, 7) is 0.855. The van der Waals surface area contributed by atoms with E-state index in [1.54, 1.807) is 6.20 Å². The second-order valence-electron chi connectivity index (χ2n) is 3.71. The van der Waals surface area contributed by atoms with Gasteiger partial charge in [0.1, 0.15) is 5.01 Å². The summed E-state index contributed by atoms with van der Waals surface area (Å²) < 4.78 is 0. The van der Waals surface area contributed by atoms with E-state index in [2.05, 4.69) is 15.3 Å². The predicted molar refractivity (Wildman–Crippen MR) is 69.8 cm³/mol. The van der Waals surface area contributed by atoms with Gasteiger partial charge < -0.3 is 11.1 Å². The van der Waals surface area contributed by atoms with Crippen molar-refractivity contribution in [2.24, 2.45) is 5.73 Å². The average molecular weight is 262 g/mol. The minimum atomic E-state index is -0.0606. The van der Waals surface area contributed by atoms with Gasteiger partial charge in [-0.15, -0.1) is 11.3 Å². The Bertz CT molecular complexity index is 512. The number of nitrogens with zero attached hydrogens (tertiary/aromatic N) is 2. The summed E-state index contributed by atoms with van der Waals surface area (Å²) in [4.78, 5) is 20.0. The van der Waals surface area contributed by atoms with Crippen molar-refractivity contribution in [1.29, 1.82) is 0 Å². The lowest BCUT2D eigenvalue weighted by molar-refractivity contribution is -0.120. The molecule has 0 atom stereocenters. The summed E-state index contributed by atoms with van der Waals surface area (Å²) in [5.74, 6) is -0.0606. The van der Waals surface area contributed by atoms with Crippen LogP contribution in [0.3, 0.4) is 0 Å². The third-order valence-electron chi connectivity index (χ3n) is 2.31. The molecular weight excluding hydrogens is 248 g/mol. The summed E-state index contributed by atoms with van der Waals surface area (Å²) in [5.41, 5.74) is 7.07. The SMILES string of the molecule is NCc1nc(CC(=O)NCc2ccccn2)cs1. The highest BCUT2D eigenvalue weighted by Gasteiger charge is 2.07. The van der Waals surface area contributed by atoms with Crippen LogP contribution in [0.1, 0.15) is 16.4 Å². The van der Waals surface area contributed by atoms with Crippen molar-refractivity contribution >= 4 is 17.2 Å². The minimum Gasteiger partial charge on any atom is -0.350 e. The molecule has 3 N–H and O–H groups in total. The number of nitrogens with one attached hydrogen (secondary N) is 1. The van der Waals surface area contributed by atoms with E-state index in [0.717, 1.165) is 16.4 Å². The van der Waals surface area contributed by atoms with E-state index in [4.69, 9.17) is 5.73 Å². The maximum atomic E-state index is 11.7. The zero-order chi connectivity index (χ0) is 12.8. The van der Waals surface area contributed by atoms with E-state index >= 15 is 0 Å². The highest BCUT2D eigenvalue weighted by Crippen LogP contribution is 2.09. The number of hydrogen-bond acceptors (Lipinski definition) is 5. The first-order valence-electron chi connectivity index (χ1n) is 5.58. The van der Waals surface area contributed by atoms with Gasteiger partial charge in [0.25, 0.3) is 0 Å². The fourth-order valence-corrected chi connectivity index (χ4v) is 2.12. The van der Waals surface area contributed by atoms with Crippen molar-refractivity contribution in [3.8, 4) is 0 Å². The van der Waals surface area contributed by atoms with Crippen LogP contribution in [0.25, 0.3) is 0 Å². The molecule has 6 heteroatoms. The highest BCUT2D eigenvalue weighted by atomic mass is 32.1. The molecule has 0 saturated heterocycles. The normalized spacial score (nSPS) is 10.3. The van der Waals surface area contributed by atoms with Crippen LogP contribution in [0.15, 0.2) is 29.8 Å². The molecule has 0 spiro atoms. The van der Waals surface area contributed by atoms with Crippen molar-refractivity contribution in [3.63, 3.8) is 0 Å². The van der Waals surface area contributed by atoms with Crippen LogP contribution in [-0.4, -0.2) is 15.9 Å². The van der Waals surface area contributed by atoms with Crippen LogP contribution in [0, 0.1) is 0 Å². The number of thiazole rings is 1. The summed E-state index contributed by atoms with van der Waals surface area (Å²) in [5, 5.41) is 5.52. The van der Waals surface area contributed by atoms with E-state index in [9.17, 15) is 4.79 Å². The Morgan fingerprint density at radius 2 is 2.28 bits per heavy atom. The molecule has 2 aromatic rings. The molecule has 94 valence electrons. The standard InChI is InChI=1S/C12H14N4OS/c13-6-12-16-10(8-18-12)5-11(17)15-7-9-3-1-2-4-14-9/h1-4,8H,5-7,13H2,(H,15,17). The predicted octanol–water partition coefficient (Wildman–Crippen LogP) is 0.856. The van der Waals surface area contributed by atoms with Gasteiger partial charge in [0, 0.05) is 18.1 Å². The molecule has 5 nitrogen and oxygen atoms in total. The number of hydrogen-bond donors (Lipinski definition) is 2. The zero-order valence-electron chi connectivity index (χ0n) is 9.80. The molecule has 0 aliphatic carbocycles. The Morgan fingerprint density at radius 1 is 1.39 bits per heavy atom. The van der Waals surface area contributed by atoms with Crippen LogP contribution >= 0.6 is 11.3 Å². The first-order chi connectivity index (χ1) is 8.78. The molecule has 0 bridgehead atoms. The molecule has 0 aliphatic rings. The molecule has 1 amide bonds. The van der Waals surface area contributed by atoms with Crippen molar-refractivity contribution < 1.29 is 4.79 Å². The molecule has 2 aromatic heterocycles. The van der Waals surface area contributed by atoms with E-state index in [0.29, 0.717) is 13.1 Å². The van der Waals surface area contributed by atoms with Gasteiger partial charge in [-0.1, -0.05) is 6.07 Å². The highest BCUT2D eigenvalue weighted by molar-refractivity contribution is 7.09. The molecule has 0 aromatic carbocycles. The molecular formula is C12H14N4OS. The lowest BCUT2D eigenvalue weighted by Crippen LogP contribution is -2.25. The Balaban J connectivity index is 1.82. The average Bonchev–Trinajstić information content (AvgIpc) is 2.85. The van der Waals surface area contributed by atoms with Gasteiger partial charge in [0.2, 0.25) is 5.91 Å². The molecule has 18 heavy (non-hydrogen) atoms. The van der Waals surface area contributed by atoms with E-state index in [-0.39, 0.29) is 12.3 Å². The van der Waals surface area contributed by atoms with E-state index in [1.165, 1.54) is 11.3 Å². The summed E-state index contributed by atoms with van der Waals surface area (Å²) in [7, 11) is 0. The molecule has 0 fully saturated rings. The van der Waals surface area contributed by atoms with Gasteiger partial charge in [-0.25, -0.2) is 4.98 Å².